The first-order chi connectivity index (χ1) is 10.7. The average Bonchev–Trinajstić information content (AvgIpc) is 3.13. The predicted molar refractivity (Wildman–Crippen MR) is 97.1 cm³/mol. The van der Waals surface area contributed by atoms with Crippen molar-refractivity contribution in [3.63, 3.8) is 0 Å². The van der Waals surface area contributed by atoms with Crippen molar-refractivity contribution in [2.24, 2.45) is 0 Å². The maximum absolute atomic E-state index is 12.5. The highest BCUT2D eigenvalue weighted by Gasteiger charge is 2.34. The molecular formula is C16H17NO2S3. The first-order valence-electron chi connectivity index (χ1n) is 7.18. The Morgan fingerprint density at radius 2 is 2.23 bits per heavy atom. The second-order valence-electron chi connectivity index (χ2n) is 5.20. The quantitative estimate of drug-likeness (QED) is 0.468. The number of carbonyl (C=O) groups is 1. The number of benzene rings is 1. The van der Waals surface area contributed by atoms with E-state index in [0.29, 0.717) is 15.8 Å². The van der Waals surface area contributed by atoms with Crippen molar-refractivity contribution in [3.05, 3.63) is 34.7 Å². The standard InChI is InChI=1S/C16H17NO2S3/c1-21-13-6-4-11(5-7-13)9-14-15(18)17(16(20)22-14)10-12-3-2-8-19-12/h4-7,9,12H,2-3,8,10H2,1H3/b14-9-/t12-/m0/s1. The number of hydrogen-bond donors (Lipinski definition) is 0. The first-order valence-corrected chi connectivity index (χ1v) is 9.63. The normalized spacial score (nSPS) is 23.8. The molecule has 0 saturated carbocycles. The fraction of sp³-hybridized carbons (Fsp3) is 0.375. The van der Waals surface area contributed by atoms with Crippen molar-refractivity contribution in [1.29, 1.82) is 0 Å². The highest BCUT2D eigenvalue weighted by Crippen LogP contribution is 2.33. The molecule has 2 aliphatic heterocycles. The maximum Gasteiger partial charge on any atom is 0.266 e. The summed E-state index contributed by atoms with van der Waals surface area (Å²) in [6.07, 6.45) is 6.16. The Hall–Kier alpha value is -0.820. The molecule has 2 heterocycles. The lowest BCUT2D eigenvalue weighted by Crippen LogP contribution is -2.35. The summed E-state index contributed by atoms with van der Waals surface area (Å²) in [7, 11) is 0. The van der Waals surface area contributed by atoms with Gasteiger partial charge in [-0.15, -0.1) is 11.8 Å². The minimum absolute atomic E-state index is 0.000516. The molecule has 1 amide bonds. The van der Waals surface area contributed by atoms with Gasteiger partial charge < -0.3 is 4.74 Å². The summed E-state index contributed by atoms with van der Waals surface area (Å²) >= 11 is 8.43. The van der Waals surface area contributed by atoms with Crippen LogP contribution in [0.3, 0.4) is 0 Å². The summed E-state index contributed by atoms with van der Waals surface area (Å²) in [6.45, 7) is 1.37. The van der Waals surface area contributed by atoms with E-state index in [1.165, 1.54) is 16.7 Å². The molecule has 0 unspecified atom stereocenters. The summed E-state index contributed by atoms with van der Waals surface area (Å²) in [5.74, 6) is -0.000516. The van der Waals surface area contributed by atoms with Crippen molar-refractivity contribution >= 4 is 52.0 Å². The predicted octanol–water partition coefficient (Wildman–Crippen LogP) is 3.79. The van der Waals surface area contributed by atoms with Crippen LogP contribution in [0, 0.1) is 0 Å². The highest BCUT2D eigenvalue weighted by atomic mass is 32.2. The first kappa shape index (κ1) is 16.1. The van der Waals surface area contributed by atoms with Crippen LogP contribution in [0.5, 0.6) is 0 Å². The van der Waals surface area contributed by atoms with Crippen LogP contribution in [0.15, 0.2) is 34.1 Å². The molecular weight excluding hydrogens is 334 g/mol. The topological polar surface area (TPSA) is 29.5 Å². The molecule has 22 heavy (non-hydrogen) atoms. The summed E-state index contributed by atoms with van der Waals surface area (Å²) in [5.41, 5.74) is 1.02. The van der Waals surface area contributed by atoms with Gasteiger partial charge in [-0.05, 0) is 42.9 Å². The van der Waals surface area contributed by atoms with Gasteiger partial charge in [-0.25, -0.2) is 0 Å². The van der Waals surface area contributed by atoms with Crippen molar-refractivity contribution < 1.29 is 9.53 Å². The molecule has 2 aliphatic rings. The fourth-order valence-corrected chi connectivity index (χ4v) is 4.18. The Balaban J connectivity index is 1.72. The number of rotatable bonds is 4. The second-order valence-corrected chi connectivity index (χ2v) is 7.76. The van der Waals surface area contributed by atoms with Crippen LogP contribution >= 0.6 is 35.7 Å². The van der Waals surface area contributed by atoms with Gasteiger partial charge in [0.05, 0.1) is 17.6 Å². The molecule has 2 saturated heterocycles. The molecule has 0 N–H and O–H groups in total. The van der Waals surface area contributed by atoms with E-state index >= 15 is 0 Å². The van der Waals surface area contributed by atoms with Crippen LogP contribution in [0.1, 0.15) is 18.4 Å². The van der Waals surface area contributed by atoms with Gasteiger partial charge in [0.25, 0.3) is 5.91 Å². The number of ether oxygens (including phenoxy) is 1. The molecule has 2 fully saturated rings. The maximum atomic E-state index is 12.5. The van der Waals surface area contributed by atoms with Crippen molar-refractivity contribution in [2.75, 3.05) is 19.4 Å². The largest absolute Gasteiger partial charge is 0.376 e. The number of nitrogens with zero attached hydrogens (tertiary/aromatic N) is 1. The minimum Gasteiger partial charge on any atom is -0.376 e. The zero-order chi connectivity index (χ0) is 15.5. The van der Waals surface area contributed by atoms with E-state index in [2.05, 4.69) is 12.1 Å². The fourth-order valence-electron chi connectivity index (χ4n) is 2.50. The second kappa shape index (κ2) is 7.17. The van der Waals surface area contributed by atoms with Gasteiger partial charge in [-0.1, -0.05) is 36.1 Å². The zero-order valence-electron chi connectivity index (χ0n) is 12.3. The van der Waals surface area contributed by atoms with Gasteiger partial charge in [0.1, 0.15) is 4.32 Å². The van der Waals surface area contributed by atoms with Crippen molar-refractivity contribution in [2.45, 2.75) is 23.8 Å². The molecule has 1 aromatic carbocycles. The van der Waals surface area contributed by atoms with Gasteiger partial charge in [0, 0.05) is 11.5 Å². The summed E-state index contributed by atoms with van der Waals surface area (Å²) in [6, 6.07) is 8.17. The Morgan fingerprint density at radius 3 is 2.86 bits per heavy atom. The van der Waals surface area contributed by atoms with Gasteiger partial charge in [0.2, 0.25) is 0 Å². The number of thiocarbonyl (C=S) groups is 1. The van der Waals surface area contributed by atoms with Crippen LogP contribution in [0.25, 0.3) is 6.08 Å². The zero-order valence-corrected chi connectivity index (χ0v) is 14.7. The highest BCUT2D eigenvalue weighted by molar-refractivity contribution is 8.26. The van der Waals surface area contributed by atoms with Crippen LogP contribution in [-0.4, -0.2) is 40.6 Å². The SMILES string of the molecule is CSc1ccc(/C=C2\SC(=S)N(C[C@@H]3CCCO3)C2=O)cc1. The molecule has 116 valence electrons. The van der Waals surface area contributed by atoms with Crippen molar-refractivity contribution in [1.82, 2.24) is 4.90 Å². The Morgan fingerprint density at radius 1 is 1.45 bits per heavy atom. The van der Waals surface area contributed by atoms with Crippen molar-refractivity contribution in [3.8, 4) is 0 Å². The van der Waals surface area contributed by atoms with E-state index in [4.69, 9.17) is 17.0 Å². The van der Waals surface area contributed by atoms with E-state index in [1.807, 2.05) is 24.5 Å². The van der Waals surface area contributed by atoms with E-state index in [0.717, 1.165) is 25.0 Å². The third-order valence-corrected chi connectivity index (χ3v) is 5.82. The Labute approximate surface area is 144 Å². The molecule has 0 radical (unpaired) electrons. The monoisotopic (exact) mass is 351 g/mol. The van der Waals surface area contributed by atoms with Crippen LogP contribution < -0.4 is 0 Å². The lowest BCUT2D eigenvalue weighted by atomic mass is 10.2. The molecule has 1 atom stereocenters. The Bertz CT molecular complexity index is 606. The number of amides is 1. The number of hydrogen-bond acceptors (Lipinski definition) is 5. The number of thioether (sulfide) groups is 2. The number of carbonyl (C=O) groups excluding carboxylic acids is 1. The third-order valence-electron chi connectivity index (χ3n) is 3.70. The lowest BCUT2D eigenvalue weighted by Gasteiger charge is -2.18. The average molecular weight is 352 g/mol. The third kappa shape index (κ3) is 3.56. The Kier molecular flexibility index (Phi) is 5.23. The van der Waals surface area contributed by atoms with E-state index < -0.39 is 0 Å². The minimum atomic E-state index is -0.000516. The van der Waals surface area contributed by atoms with Gasteiger partial charge in [-0.3, -0.25) is 9.69 Å². The van der Waals surface area contributed by atoms with Gasteiger partial charge >= 0.3 is 0 Å². The lowest BCUT2D eigenvalue weighted by molar-refractivity contribution is -0.123. The molecule has 1 aromatic rings. The summed E-state index contributed by atoms with van der Waals surface area (Å²) < 4.78 is 6.24. The van der Waals surface area contributed by atoms with E-state index in [-0.39, 0.29) is 12.0 Å². The molecule has 0 aliphatic carbocycles. The smallest absolute Gasteiger partial charge is 0.266 e. The molecule has 6 heteroatoms. The molecule has 3 nitrogen and oxygen atoms in total. The summed E-state index contributed by atoms with van der Waals surface area (Å²) in [5, 5.41) is 0. The van der Waals surface area contributed by atoms with Gasteiger partial charge in [0.15, 0.2) is 0 Å². The van der Waals surface area contributed by atoms with E-state index in [9.17, 15) is 4.79 Å². The molecule has 0 aromatic heterocycles. The molecule has 0 spiro atoms. The van der Waals surface area contributed by atoms with Gasteiger partial charge in [-0.2, -0.15) is 0 Å². The van der Waals surface area contributed by atoms with Crippen LogP contribution in [-0.2, 0) is 9.53 Å². The van der Waals surface area contributed by atoms with Crippen LogP contribution in [0.4, 0.5) is 0 Å². The van der Waals surface area contributed by atoms with Crippen LogP contribution in [0.2, 0.25) is 0 Å². The molecule has 3 rings (SSSR count). The summed E-state index contributed by atoms with van der Waals surface area (Å²) in [4.78, 5) is 16.1. The van der Waals surface area contributed by atoms with E-state index in [1.54, 1.807) is 16.7 Å². The molecule has 0 bridgehead atoms.